The second-order valence-corrected chi connectivity index (χ2v) is 6.37. The van der Waals surface area contributed by atoms with Crippen LogP contribution in [-0.4, -0.2) is 12.5 Å². The van der Waals surface area contributed by atoms with Gasteiger partial charge in [0.15, 0.2) is 0 Å². The standard InChI is InChI=1S/C16H18N2OS/c1-3-6-18-16(19)14-13-11-7-9(2)4-5-10(11)8-12(13)20-15(14)17/h4-5,7H,3,6,8,17H2,1-2H3,(H,18,19). The van der Waals surface area contributed by atoms with Gasteiger partial charge in [0.25, 0.3) is 5.91 Å². The molecule has 1 heterocycles. The number of anilines is 1. The van der Waals surface area contributed by atoms with Crippen LogP contribution in [0.1, 0.15) is 39.7 Å². The largest absolute Gasteiger partial charge is 0.390 e. The molecule has 1 aliphatic rings. The van der Waals surface area contributed by atoms with Crippen LogP contribution in [0.25, 0.3) is 11.1 Å². The lowest BCUT2D eigenvalue weighted by molar-refractivity contribution is 0.0955. The van der Waals surface area contributed by atoms with E-state index in [0.29, 0.717) is 17.1 Å². The molecule has 3 rings (SSSR count). The molecule has 0 aliphatic heterocycles. The van der Waals surface area contributed by atoms with Crippen molar-refractivity contribution in [2.24, 2.45) is 0 Å². The molecule has 0 spiro atoms. The predicted molar refractivity (Wildman–Crippen MR) is 84.3 cm³/mol. The number of fused-ring (bicyclic) bond motifs is 3. The minimum atomic E-state index is -0.0452. The molecule has 3 nitrogen and oxygen atoms in total. The van der Waals surface area contributed by atoms with Crippen molar-refractivity contribution in [2.45, 2.75) is 26.7 Å². The number of carbonyl (C=O) groups is 1. The van der Waals surface area contributed by atoms with Crippen LogP contribution in [0.4, 0.5) is 5.00 Å². The minimum absolute atomic E-state index is 0.0452. The number of hydrogen-bond donors (Lipinski definition) is 2. The van der Waals surface area contributed by atoms with Gasteiger partial charge in [0, 0.05) is 23.4 Å². The van der Waals surface area contributed by atoms with E-state index < -0.39 is 0 Å². The maximum absolute atomic E-state index is 12.4. The number of carbonyl (C=O) groups excluding carboxylic acids is 1. The fraction of sp³-hybridized carbons (Fsp3) is 0.312. The number of nitrogens with two attached hydrogens (primary N) is 1. The van der Waals surface area contributed by atoms with Crippen molar-refractivity contribution in [3.63, 3.8) is 0 Å². The Bertz CT molecular complexity index is 688. The van der Waals surface area contributed by atoms with E-state index in [1.54, 1.807) is 11.3 Å². The third-order valence-corrected chi connectivity index (χ3v) is 4.68. The quantitative estimate of drug-likeness (QED) is 0.775. The lowest BCUT2D eigenvalue weighted by atomic mass is 10.0. The summed E-state index contributed by atoms with van der Waals surface area (Å²) in [6.45, 7) is 4.80. The van der Waals surface area contributed by atoms with Gasteiger partial charge in [-0.2, -0.15) is 0 Å². The van der Waals surface area contributed by atoms with Crippen molar-refractivity contribution >= 4 is 22.2 Å². The van der Waals surface area contributed by atoms with Crippen molar-refractivity contribution < 1.29 is 4.79 Å². The molecule has 0 atom stereocenters. The molecular weight excluding hydrogens is 268 g/mol. The van der Waals surface area contributed by atoms with E-state index in [1.165, 1.54) is 21.6 Å². The lowest BCUT2D eigenvalue weighted by Crippen LogP contribution is -2.24. The topological polar surface area (TPSA) is 55.1 Å². The zero-order valence-corrected chi connectivity index (χ0v) is 12.6. The Morgan fingerprint density at radius 1 is 1.45 bits per heavy atom. The van der Waals surface area contributed by atoms with Gasteiger partial charge < -0.3 is 11.1 Å². The molecule has 20 heavy (non-hydrogen) atoms. The molecule has 0 bridgehead atoms. The van der Waals surface area contributed by atoms with Gasteiger partial charge >= 0.3 is 0 Å². The molecular formula is C16H18N2OS. The number of rotatable bonds is 3. The van der Waals surface area contributed by atoms with Gasteiger partial charge in [-0.3, -0.25) is 4.79 Å². The Labute approximate surface area is 122 Å². The Balaban J connectivity index is 2.09. The maximum atomic E-state index is 12.4. The van der Waals surface area contributed by atoms with Gasteiger partial charge in [0.1, 0.15) is 0 Å². The molecule has 1 amide bonds. The zero-order valence-electron chi connectivity index (χ0n) is 11.7. The van der Waals surface area contributed by atoms with Crippen LogP contribution in [0, 0.1) is 6.92 Å². The molecule has 0 saturated heterocycles. The summed E-state index contributed by atoms with van der Waals surface area (Å²) >= 11 is 1.54. The number of benzene rings is 1. The first-order valence-electron chi connectivity index (χ1n) is 6.91. The van der Waals surface area contributed by atoms with Gasteiger partial charge in [-0.15, -0.1) is 11.3 Å². The normalized spacial score (nSPS) is 12.1. The van der Waals surface area contributed by atoms with Crippen molar-refractivity contribution in [3.05, 3.63) is 39.8 Å². The van der Waals surface area contributed by atoms with Crippen molar-refractivity contribution in [3.8, 4) is 11.1 Å². The van der Waals surface area contributed by atoms with Crippen LogP contribution in [0.3, 0.4) is 0 Å². The van der Waals surface area contributed by atoms with Crippen LogP contribution in [-0.2, 0) is 6.42 Å². The van der Waals surface area contributed by atoms with Gasteiger partial charge in [0.05, 0.1) is 10.6 Å². The average Bonchev–Trinajstić information content (AvgIpc) is 2.90. The summed E-state index contributed by atoms with van der Waals surface area (Å²) in [6, 6.07) is 6.43. The van der Waals surface area contributed by atoms with Crippen LogP contribution in [0.5, 0.6) is 0 Å². The first kappa shape index (κ1) is 13.2. The van der Waals surface area contributed by atoms with E-state index in [0.717, 1.165) is 18.4 Å². The summed E-state index contributed by atoms with van der Waals surface area (Å²) in [5, 5.41) is 3.57. The van der Waals surface area contributed by atoms with Crippen molar-refractivity contribution in [1.29, 1.82) is 0 Å². The Hall–Kier alpha value is -1.81. The van der Waals surface area contributed by atoms with E-state index in [2.05, 4.69) is 30.4 Å². The maximum Gasteiger partial charge on any atom is 0.254 e. The number of aryl methyl sites for hydroxylation is 1. The van der Waals surface area contributed by atoms with Gasteiger partial charge in [-0.25, -0.2) is 0 Å². The van der Waals surface area contributed by atoms with Crippen LogP contribution < -0.4 is 11.1 Å². The van der Waals surface area contributed by atoms with Crippen LogP contribution in [0.2, 0.25) is 0 Å². The van der Waals surface area contributed by atoms with Crippen LogP contribution >= 0.6 is 11.3 Å². The van der Waals surface area contributed by atoms with Crippen LogP contribution in [0.15, 0.2) is 18.2 Å². The summed E-state index contributed by atoms with van der Waals surface area (Å²) in [5.41, 5.74) is 11.5. The number of hydrogen-bond acceptors (Lipinski definition) is 3. The third kappa shape index (κ3) is 2.00. The van der Waals surface area contributed by atoms with Crippen molar-refractivity contribution in [1.82, 2.24) is 5.32 Å². The fourth-order valence-corrected chi connectivity index (χ4v) is 3.81. The molecule has 0 saturated carbocycles. The molecule has 1 aliphatic carbocycles. The molecule has 3 N–H and O–H groups in total. The summed E-state index contributed by atoms with van der Waals surface area (Å²) in [5.74, 6) is -0.0452. The number of nitrogen functional groups attached to an aromatic ring is 1. The summed E-state index contributed by atoms with van der Waals surface area (Å²) < 4.78 is 0. The predicted octanol–water partition coefficient (Wildman–Crippen LogP) is 3.35. The molecule has 2 aromatic rings. The van der Waals surface area contributed by atoms with Crippen molar-refractivity contribution in [2.75, 3.05) is 12.3 Å². The second kappa shape index (κ2) is 4.94. The number of nitrogens with one attached hydrogen (secondary N) is 1. The van der Waals surface area contributed by atoms with E-state index in [1.807, 2.05) is 6.92 Å². The number of thiophene rings is 1. The SMILES string of the molecule is CCCNC(=O)c1c(N)sc2c1-c1cc(C)ccc1C2. The van der Waals surface area contributed by atoms with E-state index in [-0.39, 0.29) is 5.91 Å². The van der Waals surface area contributed by atoms with Gasteiger partial charge in [-0.05, 0) is 24.5 Å². The summed E-state index contributed by atoms with van der Waals surface area (Å²) in [6.07, 6.45) is 1.81. The fourth-order valence-electron chi connectivity index (χ4n) is 2.71. The highest BCUT2D eigenvalue weighted by molar-refractivity contribution is 7.17. The lowest BCUT2D eigenvalue weighted by Gasteiger charge is -2.07. The minimum Gasteiger partial charge on any atom is -0.390 e. The third-order valence-electron chi connectivity index (χ3n) is 3.66. The summed E-state index contributed by atoms with van der Waals surface area (Å²) in [7, 11) is 0. The molecule has 1 aromatic carbocycles. The first-order chi connectivity index (χ1) is 9.61. The first-order valence-corrected chi connectivity index (χ1v) is 7.72. The molecule has 1 aromatic heterocycles. The smallest absolute Gasteiger partial charge is 0.254 e. The molecule has 0 unspecified atom stereocenters. The highest BCUT2D eigenvalue weighted by atomic mass is 32.1. The second-order valence-electron chi connectivity index (χ2n) is 5.23. The summed E-state index contributed by atoms with van der Waals surface area (Å²) in [4.78, 5) is 13.6. The molecule has 0 radical (unpaired) electrons. The highest BCUT2D eigenvalue weighted by Gasteiger charge is 2.29. The molecule has 104 valence electrons. The molecule has 4 heteroatoms. The average molecular weight is 286 g/mol. The highest BCUT2D eigenvalue weighted by Crippen LogP contribution is 2.46. The Morgan fingerprint density at radius 2 is 2.25 bits per heavy atom. The van der Waals surface area contributed by atoms with Gasteiger partial charge in [0.2, 0.25) is 0 Å². The van der Waals surface area contributed by atoms with E-state index in [4.69, 9.17) is 5.73 Å². The number of amides is 1. The van der Waals surface area contributed by atoms with E-state index >= 15 is 0 Å². The zero-order chi connectivity index (χ0) is 14.3. The molecule has 0 fully saturated rings. The Morgan fingerprint density at radius 3 is 3.00 bits per heavy atom. The van der Waals surface area contributed by atoms with Gasteiger partial charge in [-0.1, -0.05) is 30.7 Å². The monoisotopic (exact) mass is 286 g/mol. The Kier molecular flexibility index (Phi) is 3.26. The van der Waals surface area contributed by atoms with E-state index in [9.17, 15) is 4.79 Å².